The molecular formula is C17H26N6O. The van der Waals surface area contributed by atoms with Crippen LogP contribution >= 0.6 is 0 Å². The summed E-state index contributed by atoms with van der Waals surface area (Å²) in [5.74, 6) is 1.06. The topological polar surface area (TPSA) is 75.9 Å². The average molecular weight is 330 g/mol. The Kier molecular flexibility index (Phi) is 4.97. The first kappa shape index (κ1) is 16.7. The van der Waals surface area contributed by atoms with Crippen LogP contribution in [0.2, 0.25) is 0 Å². The van der Waals surface area contributed by atoms with E-state index in [1.807, 2.05) is 13.2 Å². The highest BCUT2D eigenvalue weighted by atomic mass is 16.1. The molecule has 0 radical (unpaired) electrons. The quantitative estimate of drug-likeness (QED) is 0.847. The molecule has 1 N–H and O–H groups in total. The molecule has 7 heteroatoms. The number of unbranched alkanes of at least 4 members (excludes halogenated alkanes) is 1. The summed E-state index contributed by atoms with van der Waals surface area (Å²) in [5.41, 5.74) is 0.821. The third-order valence-corrected chi connectivity index (χ3v) is 4.86. The van der Waals surface area contributed by atoms with Gasteiger partial charge in [-0.25, -0.2) is 9.97 Å². The van der Waals surface area contributed by atoms with Crippen molar-refractivity contribution in [3.8, 4) is 0 Å². The number of piperidine rings is 1. The smallest absolute Gasteiger partial charge is 0.224 e. The second-order valence-corrected chi connectivity index (χ2v) is 6.62. The monoisotopic (exact) mass is 330 g/mol. The van der Waals surface area contributed by atoms with E-state index >= 15 is 0 Å². The Bertz CT molecular complexity index is 712. The van der Waals surface area contributed by atoms with Crippen molar-refractivity contribution < 1.29 is 4.79 Å². The molecule has 130 valence electrons. The molecular weight excluding hydrogens is 304 g/mol. The van der Waals surface area contributed by atoms with Crippen LogP contribution in [0.15, 0.2) is 12.5 Å². The summed E-state index contributed by atoms with van der Waals surface area (Å²) in [6.07, 6.45) is 7.42. The third kappa shape index (κ3) is 3.20. The van der Waals surface area contributed by atoms with Gasteiger partial charge in [-0.1, -0.05) is 13.3 Å². The fourth-order valence-electron chi connectivity index (χ4n) is 3.33. The Hall–Kier alpha value is -2.18. The van der Waals surface area contributed by atoms with Crippen LogP contribution in [0, 0.1) is 5.92 Å². The largest absolute Gasteiger partial charge is 0.356 e. The van der Waals surface area contributed by atoms with Crippen LogP contribution in [0.25, 0.3) is 11.0 Å². The van der Waals surface area contributed by atoms with Crippen molar-refractivity contribution in [2.24, 2.45) is 13.0 Å². The Balaban J connectivity index is 1.79. The molecule has 1 aliphatic rings. The van der Waals surface area contributed by atoms with E-state index in [-0.39, 0.29) is 11.8 Å². The third-order valence-electron chi connectivity index (χ3n) is 4.86. The van der Waals surface area contributed by atoms with Crippen LogP contribution in [0.3, 0.4) is 0 Å². The Morgan fingerprint density at radius 2 is 2.21 bits per heavy atom. The lowest BCUT2D eigenvalue weighted by atomic mass is 9.92. The Morgan fingerprint density at radius 1 is 1.38 bits per heavy atom. The van der Waals surface area contributed by atoms with Gasteiger partial charge in [-0.3, -0.25) is 9.48 Å². The fraction of sp³-hybridized carbons (Fsp3) is 0.647. The molecule has 0 aliphatic carbocycles. The second kappa shape index (κ2) is 7.15. The van der Waals surface area contributed by atoms with Crippen LogP contribution in [0.4, 0.5) is 5.82 Å². The first-order valence-electron chi connectivity index (χ1n) is 8.78. The maximum Gasteiger partial charge on any atom is 0.224 e. The van der Waals surface area contributed by atoms with Crippen molar-refractivity contribution in [2.45, 2.75) is 45.6 Å². The van der Waals surface area contributed by atoms with Crippen LogP contribution < -0.4 is 10.2 Å². The number of hydrogen-bond acceptors (Lipinski definition) is 5. The van der Waals surface area contributed by atoms with Crippen molar-refractivity contribution in [3.05, 3.63) is 12.5 Å². The van der Waals surface area contributed by atoms with Crippen molar-refractivity contribution >= 4 is 22.8 Å². The van der Waals surface area contributed by atoms with E-state index in [2.05, 4.69) is 39.1 Å². The second-order valence-electron chi connectivity index (χ2n) is 6.62. The van der Waals surface area contributed by atoms with Crippen LogP contribution in [-0.4, -0.2) is 44.8 Å². The minimum Gasteiger partial charge on any atom is -0.356 e. The van der Waals surface area contributed by atoms with Gasteiger partial charge < -0.3 is 10.2 Å². The molecule has 1 aliphatic heterocycles. The number of nitrogens with zero attached hydrogens (tertiary/aromatic N) is 5. The molecule has 7 nitrogen and oxygen atoms in total. The van der Waals surface area contributed by atoms with E-state index in [0.717, 1.165) is 49.1 Å². The molecule has 3 heterocycles. The molecule has 1 fully saturated rings. The van der Waals surface area contributed by atoms with Crippen LogP contribution in [0.1, 0.15) is 39.5 Å². The van der Waals surface area contributed by atoms with Gasteiger partial charge in [0.25, 0.3) is 0 Å². The van der Waals surface area contributed by atoms with E-state index in [1.54, 1.807) is 11.0 Å². The fourth-order valence-corrected chi connectivity index (χ4v) is 3.33. The Morgan fingerprint density at radius 3 is 3.00 bits per heavy atom. The number of hydrogen-bond donors (Lipinski definition) is 1. The highest BCUT2D eigenvalue weighted by molar-refractivity contribution is 5.87. The van der Waals surface area contributed by atoms with Gasteiger partial charge in [0.2, 0.25) is 5.91 Å². The number of aryl methyl sites for hydroxylation is 1. The molecule has 3 rings (SSSR count). The summed E-state index contributed by atoms with van der Waals surface area (Å²) in [4.78, 5) is 23.5. The number of nitrogens with one attached hydrogen (secondary N) is 1. The maximum atomic E-state index is 12.4. The van der Waals surface area contributed by atoms with Crippen molar-refractivity contribution in [1.29, 1.82) is 0 Å². The number of fused-ring (bicyclic) bond motifs is 1. The summed E-state index contributed by atoms with van der Waals surface area (Å²) < 4.78 is 1.75. The molecule has 2 aromatic rings. The lowest BCUT2D eigenvalue weighted by Gasteiger charge is -2.38. The van der Waals surface area contributed by atoms with Crippen molar-refractivity contribution in [2.75, 3.05) is 18.0 Å². The SMILES string of the molecule is CCCCNC(=O)[C@H]1CC[C@H](C)N(c2ncnc3c2cnn3C)C1. The van der Waals surface area contributed by atoms with Gasteiger partial charge in [0, 0.05) is 26.2 Å². The van der Waals surface area contributed by atoms with E-state index < -0.39 is 0 Å². The molecule has 1 amide bonds. The van der Waals surface area contributed by atoms with E-state index in [9.17, 15) is 4.79 Å². The molecule has 0 unspecified atom stereocenters. The zero-order chi connectivity index (χ0) is 17.1. The number of carbonyl (C=O) groups excluding carboxylic acids is 1. The highest BCUT2D eigenvalue weighted by Crippen LogP contribution is 2.30. The number of rotatable bonds is 5. The van der Waals surface area contributed by atoms with E-state index in [0.29, 0.717) is 12.6 Å². The highest BCUT2D eigenvalue weighted by Gasteiger charge is 2.31. The molecule has 2 aromatic heterocycles. The van der Waals surface area contributed by atoms with E-state index in [4.69, 9.17) is 0 Å². The maximum absolute atomic E-state index is 12.4. The molecule has 0 aromatic carbocycles. The number of amides is 1. The van der Waals surface area contributed by atoms with Gasteiger partial charge in [-0.2, -0.15) is 5.10 Å². The summed E-state index contributed by atoms with van der Waals surface area (Å²) in [5, 5.41) is 8.30. The standard InChI is InChI=1S/C17H26N6O/c1-4-5-8-18-17(24)13-7-6-12(2)23(10-13)16-14-9-21-22(3)15(14)19-11-20-16/h9,11-13H,4-8,10H2,1-3H3,(H,18,24)/t12-,13-/m0/s1. The first-order valence-corrected chi connectivity index (χ1v) is 8.78. The van der Waals surface area contributed by atoms with Gasteiger partial charge in [0.05, 0.1) is 17.5 Å². The van der Waals surface area contributed by atoms with Gasteiger partial charge in [-0.15, -0.1) is 0 Å². The van der Waals surface area contributed by atoms with Gasteiger partial charge in [0.15, 0.2) is 5.65 Å². The van der Waals surface area contributed by atoms with Gasteiger partial charge in [-0.05, 0) is 26.2 Å². The summed E-state index contributed by atoms with van der Waals surface area (Å²) >= 11 is 0. The predicted octanol–water partition coefficient (Wildman–Crippen LogP) is 1.88. The first-order chi connectivity index (χ1) is 11.6. The van der Waals surface area contributed by atoms with Gasteiger partial charge >= 0.3 is 0 Å². The van der Waals surface area contributed by atoms with Crippen molar-refractivity contribution in [1.82, 2.24) is 25.1 Å². The Labute approximate surface area is 142 Å². The molecule has 0 saturated carbocycles. The molecule has 1 saturated heterocycles. The van der Waals surface area contributed by atoms with Crippen LogP contribution in [-0.2, 0) is 11.8 Å². The van der Waals surface area contributed by atoms with E-state index in [1.165, 1.54) is 0 Å². The molecule has 0 spiro atoms. The number of aromatic nitrogens is 4. The average Bonchev–Trinajstić information content (AvgIpc) is 2.97. The zero-order valence-electron chi connectivity index (χ0n) is 14.7. The molecule has 0 bridgehead atoms. The summed E-state index contributed by atoms with van der Waals surface area (Å²) in [6, 6.07) is 0.350. The number of carbonyl (C=O) groups is 1. The summed E-state index contributed by atoms with van der Waals surface area (Å²) in [6.45, 7) is 5.78. The minimum atomic E-state index is 0.0137. The molecule has 24 heavy (non-hydrogen) atoms. The predicted molar refractivity (Wildman–Crippen MR) is 93.8 cm³/mol. The number of anilines is 1. The van der Waals surface area contributed by atoms with Crippen molar-refractivity contribution in [3.63, 3.8) is 0 Å². The minimum absolute atomic E-state index is 0.0137. The van der Waals surface area contributed by atoms with Crippen LogP contribution in [0.5, 0.6) is 0 Å². The normalized spacial score (nSPS) is 21.2. The van der Waals surface area contributed by atoms with Gasteiger partial charge in [0.1, 0.15) is 12.1 Å². The lowest BCUT2D eigenvalue weighted by molar-refractivity contribution is -0.125. The summed E-state index contributed by atoms with van der Waals surface area (Å²) in [7, 11) is 1.88. The molecule has 2 atom stereocenters. The zero-order valence-corrected chi connectivity index (χ0v) is 14.7. The lowest BCUT2D eigenvalue weighted by Crippen LogP contribution is -2.47.